The lowest BCUT2D eigenvalue weighted by molar-refractivity contribution is 1.11. The van der Waals surface area contributed by atoms with Crippen molar-refractivity contribution in [2.24, 2.45) is 0 Å². The minimum Gasteiger partial charge on any atom is -0.269 e. The molecule has 0 aliphatic rings. The molecule has 56 valence electrons. The molecule has 0 heterocycles. The predicted molar refractivity (Wildman–Crippen MR) is 17.5 cm³/mol. The Kier molecular flexibility index (Phi) is 54900. The number of hydrogen-bond acceptors (Lipinski definition) is 0. The molecule has 7 heteroatoms. The highest BCUT2D eigenvalue weighted by atomic mass is 19.0. The first-order valence-electron chi connectivity index (χ1n) is 0. The molecule has 0 spiro atoms. The van der Waals surface area contributed by atoms with Gasteiger partial charge in [-0.2, -0.15) is 0 Å². The quantitative estimate of drug-likeness (QED) is 0.441. The van der Waals surface area contributed by atoms with Gasteiger partial charge in [-0.3, -0.25) is 32.9 Å². The molecule has 0 saturated heterocycles. The SMILES string of the molecule is F.F.F.F.F.F.F. The van der Waals surface area contributed by atoms with E-state index in [-0.39, 0.29) is 32.9 Å². The molecule has 7 heavy (non-hydrogen) atoms. The molecule has 0 aromatic heterocycles. The first-order valence-corrected chi connectivity index (χ1v) is 0. The average molecular weight is 140 g/mol. The van der Waals surface area contributed by atoms with Gasteiger partial charge in [0.15, 0.2) is 0 Å². The number of halogens is 7. The van der Waals surface area contributed by atoms with E-state index in [4.69, 9.17) is 0 Å². The molecule has 0 unspecified atom stereocenters. The van der Waals surface area contributed by atoms with E-state index in [9.17, 15) is 0 Å². The zero-order chi connectivity index (χ0) is 0. The molecule has 0 radical (unpaired) electrons. The van der Waals surface area contributed by atoms with E-state index in [1.54, 1.807) is 0 Å². The molecule has 0 rings (SSSR count). The lowest BCUT2D eigenvalue weighted by Gasteiger charge is -0.270. The van der Waals surface area contributed by atoms with Gasteiger partial charge in [-0.25, -0.2) is 0 Å². The maximum absolute atomic E-state index is 0. The van der Waals surface area contributed by atoms with Crippen LogP contribution in [-0.2, 0) is 0 Å². The second-order valence-electron chi connectivity index (χ2n) is 0. The first kappa shape index (κ1) is 823. The van der Waals surface area contributed by atoms with Crippen molar-refractivity contribution in [2.75, 3.05) is 0 Å². The molecule has 0 fully saturated rings. The molecule has 0 aromatic carbocycles. The third kappa shape index (κ3) is 283. The van der Waals surface area contributed by atoms with Crippen LogP contribution in [0.2, 0.25) is 0 Å². The van der Waals surface area contributed by atoms with Crippen LogP contribution in [0.15, 0.2) is 0 Å². The fraction of sp³-hybridized carbons (Fsp3) is 0. The minimum atomic E-state index is 0. The lowest BCUT2D eigenvalue weighted by Crippen LogP contribution is 0.419. The van der Waals surface area contributed by atoms with E-state index >= 15 is 0 Å². The fourth-order valence-corrected chi connectivity index (χ4v) is 0. The van der Waals surface area contributed by atoms with Crippen LogP contribution in [0.4, 0.5) is 32.9 Å². The van der Waals surface area contributed by atoms with Crippen LogP contribution in [0.1, 0.15) is 0 Å². The Morgan fingerprint density at radius 3 is 0.143 bits per heavy atom. The summed E-state index contributed by atoms with van der Waals surface area (Å²) in [6, 6.07) is 0. The Balaban J connectivity index is 0. The topological polar surface area (TPSA) is 0 Å². The predicted octanol–water partition coefficient (Wildman–Crippen LogP) is 1.07. The molecule has 0 saturated carbocycles. The van der Waals surface area contributed by atoms with Crippen molar-refractivity contribution in [1.29, 1.82) is 0 Å². The van der Waals surface area contributed by atoms with Gasteiger partial charge in [-0.15, -0.1) is 0 Å². The van der Waals surface area contributed by atoms with Crippen molar-refractivity contribution in [3.05, 3.63) is 0 Å². The average Bonchev–Trinajstić information content (AvgIpc) is 0. The zero-order valence-electron chi connectivity index (χ0n) is 2.86. The summed E-state index contributed by atoms with van der Waals surface area (Å²) in [4.78, 5) is 0. The number of rotatable bonds is 0. The Hall–Kier alpha value is -0.490. The maximum Gasteiger partial charge on any atom is -0.269 e. The highest BCUT2D eigenvalue weighted by molar-refractivity contribution is 1.11. The second-order valence-corrected chi connectivity index (χ2v) is 0. The maximum atomic E-state index is 0. The summed E-state index contributed by atoms with van der Waals surface area (Å²) in [6.07, 6.45) is 0. The van der Waals surface area contributed by atoms with Crippen LogP contribution in [0.25, 0.3) is 0 Å². The molecule has 0 aliphatic heterocycles. The van der Waals surface area contributed by atoms with Gasteiger partial charge in [0.2, 0.25) is 0 Å². The van der Waals surface area contributed by atoms with Crippen molar-refractivity contribution < 1.29 is 32.9 Å². The lowest BCUT2D eigenvalue weighted by atomic mass is 19.0. The summed E-state index contributed by atoms with van der Waals surface area (Å²) >= 11 is 0. The van der Waals surface area contributed by atoms with Gasteiger partial charge in [-0.05, 0) is 0 Å². The van der Waals surface area contributed by atoms with Crippen molar-refractivity contribution >= 4 is 0 Å². The van der Waals surface area contributed by atoms with Crippen LogP contribution in [-0.4, -0.2) is 0 Å². The van der Waals surface area contributed by atoms with Gasteiger partial charge in [0.05, 0.1) is 0 Å². The van der Waals surface area contributed by atoms with Gasteiger partial charge >= 0.3 is 0 Å². The highest BCUT2D eigenvalue weighted by Crippen LogP contribution is 0.426. The van der Waals surface area contributed by atoms with Gasteiger partial charge in [0, 0.05) is 0 Å². The van der Waals surface area contributed by atoms with Crippen LogP contribution < -0.4 is 0 Å². The fourth-order valence-electron chi connectivity index (χ4n) is 0. The van der Waals surface area contributed by atoms with Crippen LogP contribution >= 0.6 is 0 Å². The normalized spacial score (nSPS) is 0. The van der Waals surface area contributed by atoms with E-state index in [2.05, 4.69) is 0 Å². The highest BCUT2D eigenvalue weighted by Gasteiger charge is -0.263. The Bertz CT molecular complexity index is 0. The summed E-state index contributed by atoms with van der Waals surface area (Å²) in [5.74, 6) is 0. The molecule has 0 aromatic rings. The molecule has 0 aliphatic carbocycles. The van der Waals surface area contributed by atoms with Gasteiger partial charge in [-0.1, -0.05) is 0 Å². The van der Waals surface area contributed by atoms with E-state index < -0.39 is 0 Å². The van der Waals surface area contributed by atoms with E-state index in [1.807, 2.05) is 0 Å². The summed E-state index contributed by atoms with van der Waals surface area (Å²) in [5.41, 5.74) is 0. The van der Waals surface area contributed by atoms with Crippen LogP contribution in [0.5, 0.6) is 0 Å². The molecule has 0 amide bonds. The van der Waals surface area contributed by atoms with Gasteiger partial charge in [0.1, 0.15) is 0 Å². The smallest absolute Gasteiger partial charge is 0.269 e. The molecular weight excluding hydrogens is 133 g/mol. The monoisotopic (exact) mass is 140 g/mol. The third-order valence-corrected chi connectivity index (χ3v) is 0. The van der Waals surface area contributed by atoms with E-state index in [1.165, 1.54) is 0 Å². The van der Waals surface area contributed by atoms with Crippen molar-refractivity contribution in [2.45, 2.75) is 0 Å². The third-order valence-electron chi connectivity index (χ3n) is 0. The Morgan fingerprint density at radius 1 is 0.143 bits per heavy atom. The summed E-state index contributed by atoms with van der Waals surface area (Å²) in [6.45, 7) is 0. The molecule has 0 nitrogen and oxygen atoms in total. The first-order chi connectivity index (χ1) is 0. The van der Waals surface area contributed by atoms with Gasteiger partial charge < -0.3 is 0 Å². The summed E-state index contributed by atoms with van der Waals surface area (Å²) in [7, 11) is 0. The standard InChI is InChI=1S/7FH/h7*1H. The Labute approximate surface area is 34.5 Å². The second kappa shape index (κ2) is 467. The Morgan fingerprint density at radius 2 is 0.143 bits per heavy atom. The molecule has 0 atom stereocenters. The molecule has 0 N–H and O–H groups in total. The van der Waals surface area contributed by atoms with Crippen molar-refractivity contribution in [3.63, 3.8) is 0 Å². The molecule has 0 bridgehead atoms. The molecular formula is H7F7. The van der Waals surface area contributed by atoms with Crippen LogP contribution in [0.3, 0.4) is 0 Å². The minimum absolute atomic E-state index is 0. The van der Waals surface area contributed by atoms with E-state index in [0.29, 0.717) is 0 Å². The van der Waals surface area contributed by atoms with Gasteiger partial charge in [0.25, 0.3) is 0 Å². The van der Waals surface area contributed by atoms with Crippen LogP contribution in [0, 0.1) is 0 Å². The van der Waals surface area contributed by atoms with Crippen molar-refractivity contribution in [3.8, 4) is 0 Å². The largest absolute Gasteiger partial charge is 0.269 e. The summed E-state index contributed by atoms with van der Waals surface area (Å²) < 4.78 is 0. The van der Waals surface area contributed by atoms with E-state index in [0.717, 1.165) is 0 Å². The number of hydrogen-bond donors (Lipinski definition) is 0. The summed E-state index contributed by atoms with van der Waals surface area (Å²) in [5, 5.41) is 0. The zero-order valence-corrected chi connectivity index (χ0v) is 2.86. The van der Waals surface area contributed by atoms with Crippen molar-refractivity contribution in [1.82, 2.24) is 0 Å².